The Hall–Kier alpha value is -3.75. The van der Waals surface area contributed by atoms with Crippen LogP contribution in [-0.4, -0.2) is 47.8 Å². The molecule has 0 radical (unpaired) electrons. The van der Waals surface area contributed by atoms with Crippen LogP contribution in [0.15, 0.2) is 53.7 Å². The molecule has 212 valence electrons. The normalized spacial score (nSPS) is 23.6. The van der Waals surface area contributed by atoms with E-state index in [0.29, 0.717) is 24.1 Å². The van der Waals surface area contributed by atoms with E-state index in [1.54, 1.807) is 25.4 Å². The standard InChI is InChI=1S/C31H35F3N4O2/c1-20-6-4-8-35-19-37-29(39)15-28-25(10-20)11-23(17-36-28)7-5-9-38(30(40)31(18-32)16-21(31)2)22(3)24-12-26(33)14-27(34)13-24/h4-8,11-14,17,20-22H,9-10,15-16,18-19H2,1-3H3,(H,37,39). The van der Waals surface area contributed by atoms with Gasteiger partial charge in [-0.3, -0.25) is 19.6 Å². The lowest BCUT2D eigenvalue weighted by Gasteiger charge is -2.32. The van der Waals surface area contributed by atoms with E-state index < -0.39 is 29.8 Å². The van der Waals surface area contributed by atoms with Gasteiger partial charge in [0.05, 0.1) is 23.6 Å². The van der Waals surface area contributed by atoms with Gasteiger partial charge in [0.2, 0.25) is 11.8 Å². The van der Waals surface area contributed by atoms with Gasteiger partial charge in [0.25, 0.3) is 0 Å². The van der Waals surface area contributed by atoms with Crippen LogP contribution in [0.5, 0.6) is 0 Å². The second kappa shape index (κ2) is 12.6. The summed E-state index contributed by atoms with van der Waals surface area (Å²) in [6.07, 6.45) is 12.1. The second-order valence-electron chi connectivity index (χ2n) is 10.8. The fraction of sp³-hybridized carbons (Fsp3) is 0.419. The fourth-order valence-electron chi connectivity index (χ4n) is 5.13. The molecule has 0 bridgehead atoms. The Kier molecular flexibility index (Phi) is 9.22. The first-order valence-electron chi connectivity index (χ1n) is 13.5. The molecule has 4 rings (SSSR count). The van der Waals surface area contributed by atoms with E-state index in [1.165, 1.54) is 17.0 Å². The zero-order chi connectivity index (χ0) is 28.9. The van der Waals surface area contributed by atoms with E-state index in [9.17, 15) is 22.8 Å². The number of carbonyl (C=O) groups is 2. The third-order valence-corrected chi connectivity index (χ3v) is 7.78. The Morgan fingerprint density at radius 1 is 1.23 bits per heavy atom. The van der Waals surface area contributed by atoms with Gasteiger partial charge < -0.3 is 10.2 Å². The molecule has 0 saturated heterocycles. The maximum atomic E-state index is 14.0. The fourth-order valence-corrected chi connectivity index (χ4v) is 5.13. The molecule has 2 aliphatic rings. The van der Waals surface area contributed by atoms with Gasteiger partial charge in [-0.05, 0) is 72.6 Å². The second-order valence-corrected chi connectivity index (χ2v) is 10.8. The first-order chi connectivity index (χ1) is 19.1. The van der Waals surface area contributed by atoms with Crippen molar-refractivity contribution in [1.29, 1.82) is 0 Å². The molecule has 2 amide bonds. The highest BCUT2D eigenvalue weighted by Crippen LogP contribution is 2.54. The monoisotopic (exact) mass is 552 g/mol. The minimum absolute atomic E-state index is 0.105. The highest BCUT2D eigenvalue weighted by Gasteiger charge is 2.59. The smallest absolute Gasteiger partial charge is 0.232 e. The molecule has 2 heterocycles. The van der Waals surface area contributed by atoms with Gasteiger partial charge in [0.1, 0.15) is 25.0 Å². The van der Waals surface area contributed by atoms with Crippen LogP contribution in [0, 0.1) is 28.9 Å². The highest BCUT2D eigenvalue weighted by molar-refractivity contribution is 5.87. The number of hydrogen-bond donors (Lipinski definition) is 1. The molecular weight excluding hydrogens is 517 g/mol. The molecule has 1 aromatic heterocycles. The number of nitrogens with one attached hydrogen (secondary N) is 1. The minimum atomic E-state index is -1.10. The lowest BCUT2D eigenvalue weighted by molar-refractivity contribution is -0.139. The molecule has 1 saturated carbocycles. The van der Waals surface area contributed by atoms with Crippen molar-refractivity contribution in [3.63, 3.8) is 0 Å². The number of halogens is 3. The zero-order valence-electron chi connectivity index (χ0n) is 23.0. The summed E-state index contributed by atoms with van der Waals surface area (Å²) in [5.41, 5.74) is 1.61. The Bertz CT molecular complexity index is 1320. The SMILES string of the molecule is CC1C=CC=NCNC(=O)Cc2ncc(C=CCN(C(=O)C3(CF)CC3C)C(C)c3cc(F)cc(F)c3)cc2C1. The van der Waals surface area contributed by atoms with E-state index in [4.69, 9.17) is 0 Å². The van der Waals surface area contributed by atoms with Gasteiger partial charge >= 0.3 is 0 Å². The average molecular weight is 553 g/mol. The third kappa shape index (κ3) is 6.87. The number of nitrogens with zero attached hydrogens (tertiary/aromatic N) is 3. The Morgan fingerprint density at radius 2 is 1.95 bits per heavy atom. The largest absolute Gasteiger partial charge is 0.337 e. The van der Waals surface area contributed by atoms with Crippen molar-refractivity contribution in [2.45, 2.75) is 46.1 Å². The van der Waals surface area contributed by atoms with Crippen molar-refractivity contribution in [2.24, 2.45) is 22.2 Å². The molecule has 4 atom stereocenters. The molecule has 1 fully saturated rings. The van der Waals surface area contributed by atoms with Gasteiger partial charge in [0.15, 0.2) is 0 Å². The van der Waals surface area contributed by atoms with Crippen LogP contribution in [-0.2, 0) is 22.4 Å². The summed E-state index contributed by atoms with van der Waals surface area (Å²) in [5, 5.41) is 2.74. The van der Waals surface area contributed by atoms with Crippen LogP contribution < -0.4 is 5.32 Å². The van der Waals surface area contributed by atoms with Gasteiger partial charge in [-0.25, -0.2) is 13.2 Å². The lowest BCUT2D eigenvalue weighted by Crippen LogP contribution is -2.41. The molecule has 2 aromatic rings. The van der Waals surface area contributed by atoms with Crippen LogP contribution in [0.2, 0.25) is 0 Å². The van der Waals surface area contributed by atoms with Crippen LogP contribution in [0.3, 0.4) is 0 Å². The first-order valence-corrected chi connectivity index (χ1v) is 13.5. The van der Waals surface area contributed by atoms with Crippen LogP contribution in [0.4, 0.5) is 13.2 Å². The van der Waals surface area contributed by atoms with Crippen LogP contribution in [0.1, 0.15) is 55.6 Å². The average Bonchev–Trinajstić information content (AvgIpc) is 3.59. The summed E-state index contributed by atoms with van der Waals surface area (Å²) >= 11 is 0. The number of amides is 2. The molecule has 9 heteroatoms. The van der Waals surface area contributed by atoms with Crippen molar-refractivity contribution in [3.05, 3.63) is 82.7 Å². The molecule has 4 unspecified atom stereocenters. The Labute approximate surface area is 233 Å². The van der Waals surface area contributed by atoms with E-state index in [-0.39, 0.29) is 43.3 Å². The summed E-state index contributed by atoms with van der Waals surface area (Å²) in [6, 6.07) is 4.47. The van der Waals surface area contributed by atoms with E-state index in [2.05, 4.69) is 22.2 Å². The molecule has 6 nitrogen and oxygen atoms in total. The van der Waals surface area contributed by atoms with Crippen molar-refractivity contribution in [3.8, 4) is 0 Å². The molecule has 1 aliphatic carbocycles. The van der Waals surface area contributed by atoms with Crippen molar-refractivity contribution >= 4 is 24.1 Å². The molecule has 1 N–H and O–H groups in total. The first kappa shape index (κ1) is 29.2. The van der Waals surface area contributed by atoms with Crippen LogP contribution in [0.25, 0.3) is 6.08 Å². The number of aliphatic imine (C=N–C) groups is 1. The maximum absolute atomic E-state index is 14.0. The summed E-state index contributed by atoms with van der Waals surface area (Å²) in [7, 11) is 0. The molecular formula is C31H35F3N4O2. The van der Waals surface area contributed by atoms with Crippen molar-refractivity contribution in [2.75, 3.05) is 19.9 Å². The zero-order valence-corrected chi connectivity index (χ0v) is 23.0. The van der Waals surface area contributed by atoms with Gasteiger partial charge in [0, 0.05) is 25.0 Å². The number of allylic oxidation sites excluding steroid dienone is 2. The van der Waals surface area contributed by atoms with E-state index in [0.717, 1.165) is 17.2 Å². The molecule has 40 heavy (non-hydrogen) atoms. The Balaban J connectivity index is 1.59. The lowest BCUT2D eigenvalue weighted by atomic mass is 9.96. The van der Waals surface area contributed by atoms with Gasteiger partial charge in [-0.15, -0.1) is 0 Å². The van der Waals surface area contributed by atoms with Gasteiger partial charge in [-0.1, -0.05) is 32.1 Å². The predicted molar refractivity (Wildman–Crippen MR) is 149 cm³/mol. The number of carbonyl (C=O) groups excluding carboxylic acids is 2. The van der Waals surface area contributed by atoms with Crippen LogP contribution >= 0.6 is 0 Å². The van der Waals surface area contributed by atoms with Crippen molar-refractivity contribution in [1.82, 2.24) is 15.2 Å². The number of hydrogen-bond acceptors (Lipinski definition) is 4. The maximum Gasteiger partial charge on any atom is 0.232 e. The van der Waals surface area contributed by atoms with E-state index in [1.807, 2.05) is 31.2 Å². The number of rotatable bonds is 7. The summed E-state index contributed by atoms with van der Waals surface area (Å²) < 4.78 is 42.0. The minimum Gasteiger partial charge on any atom is -0.337 e. The van der Waals surface area contributed by atoms with E-state index >= 15 is 0 Å². The Morgan fingerprint density at radius 3 is 2.62 bits per heavy atom. The number of benzene rings is 1. The molecule has 1 aromatic carbocycles. The number of aromatic nitrogens is 1. The molecule has 0 spiro atoms. The number of fused-ring (bicyclic) bond motifs is 1. The highest BCUT2D eigenvalue weighted by atomic mass is 19.1. The van der Waals surface area contributed by atoms with Gasteiger partial charge in [-0.2, -0.15) is 0 Å². The third-order valence-electron chi connectivity index (χ3n) is 7.78. The number of alkyl halides is 1. The summed E-state index contributed by atoms with van der Waals surface area (Å²) in [4.78, 5) is 36.0. The predicted octanol–water partition coefficient (Wildman–Crippen LogP) is 5.39. The topological polar surface area (TPSA) is 74.7 Å². The molecule has 1 aliphatic heterocycles. The number of pyridine rings is 1. The quantitative estimate of drug-likeness (QED) is 0.500. The van der Waals surface area contributed by atoms with Crippen molar-refractivity contribution < 1.29 is 22.8 Å². The summed E-state index contributed by atoms with van der Waals surface area (Å²) in [6.45, 7) is 5.13. The summed E-state index contributed by atoms with van der Waals surface area (Å²) in [5.74, 6) is -1.92.